The molecule has 3 amide bonds. The Bertz CT molecular complexity index is 1140. The quantitative estimate of drug-likeness (QED) is 0.515. The van der Waals surface area contributed by atoms with Crippen molar-refractivity contribution in [2.24, 2.45) is 5.10 Å². The SMILES string of the molecule is CCCNC(=O)N(CCN1CCOCC1)CC(=O)N1N=C(c2cccc(OC)c2)C[C@H]1c1ccccc1F. The first-order chi connectivity index (χ1) is 18.5. The Balaban J connectivity index is 1.57. The van der Waals surface area contributed by atoms with Crippen LogP contribution in [0.25, 0.3) is 0 Å². The third-order valence-electron chi connectivity index (χ3n) is 6.76. The molecule has 0 unspecified atom stereocenters. The molecule has 1 fully saturated rings. The van der Waals surface area contributed by atoms with Crippen molar-refractivity contribution >= 4 is 17.6 Å². The lowest BCUT2D eigenvalue weighted by atomic mass is 9.98. The summed E-state index contributed by atoms with van der Waals surface area (Å²) in [5.74, 6) is -0.105. The van der Waals surface area contributed by atoms with Gasteiger partial charge in [0.05, 0.1) is 32.1 Å². The van der Waals surface area contributed by atoms with Crippen LogP contribution in [0, 0.1) is 5.82 Å². The van der Waals surface area contributed by atoms with Crippen LogP contribution in [-0.4, -0.2) is 92.1 Å². The summed E-state index contributed by atoms with van der Waals surface area (Å²) >= 11 is 0. The van der Waals surface area contributed by atoms with Crippen LogP contribution in [0.3, 0.4) is 0 Å². The van der Waals surface area contributed by atoms with Crippen LogP contribution in [0.1, 0.15) is 36.9 Å². The summed E-state index contributed by atoms with van der Waals surface area (Å²) in [6.07, 6.45) is 1.13. The van der Waals surface area contributed by atoms with Gasteiger partial charge in [-0.2, -0.15) is 5.10 Å². The zero-order chi connectivity index (χ0) is 26.9. The van der Waals surface area contributed by atoms with Gasteiger partial charge >= 0.3 is 6.03 Å². The van der Waals surface area contributed by atoms with Gasteiger partial charge in [0, 0.05) is 50.3 Å². The minimum atomic E-state index is -0.621. The van der Waals surface area contributed by atoms with Crippen molar-refractivity contribution in [2.75, 3.05) is 59.6 Å². The van der Waals surface area contributed by atoms with Crippen LogP contribution < -0.4 is 10.1 Å². The topological polar surface area (TPSA) is 86.7 Å². The highest BCUT2D eigenvalue weighted by atomic mass is 19.1. The highest BCUT2D eigenvalue weighted by molar-refractivity contribution is 6.03. The summed E-state index contributed by atoms with van der Waals surface area (Å²) in [6.45, 7) is 6.21. The molecule has 204 valence electrons. The maximum atomic E-state index is 14.9. The highest BCUT2D eigenvalue weighted by Gasteiger charge is 2.36. The first kappa shape index (κ1) is 27.5. The molecule has 10 heteroatoms. The first-order valence-electron chi connectivity index (χ1n) is 13.1. The van der Waals surface area contributed by atoms with E-state index in [1.165, 1.54) is 16.0 Å². The Morgan fingerprint density at radius 1 is 1.18 bits per heavy atom. The number of nitrogens with one attached hydrogen (secondary N) is 1. The van der Waals surface area contributed by atoms with Crippen molar-refractivity contribution in [2.45, 2.75) is 25.8 Å². The molecular formula is C28H36FN5O4. The minimum Gasteiger partial charge on any atom is -0.497 e. The average Bonchev–Trinajstić information content (AvgIpc) is 3.40. The van der Waals surface area contributed by atoms with Crippen LogP contribution in [0.4, 0.5) is 9.18 Å². The van der Waals surface area contributed by atoms with Crippen molar-refractivity contribution in [1.29, 1.82) is 0 Å². The second-order valence-electron chi connectivity index (χ2n) is 9.37. The van der Waals surface area contributed by atoms with E-state index in [1.807, 2.05) is 31.2 Å². The van der Waals surface area contributed by atoms with Crippen LogP contribution in [0.2, 0.25) is 0 Å². The summed E-state index contributed by atoms with van der Waals surface area (Å²) in [4.78, 5) is 30.4. The van der Waals surface area contributed by atoms with E-state index in [-0.39, 0.29) is 18.5 Å². The fourth-order valence-electron chi connectivity index (χ4n) is 4.62. The highest BCUT2D eigenvalue weighted by Crippen LogP contribution is 2.34. The van der Waals surface area contributed by atoms with Crippen molar-refractivity contribution in [3.8, 4) is 5.75 Å². The van der Waals surface area contributed by atoms with Gasteiger partial charge in [0.25, 0.3) is 5.91 Å². The number of hydrogen-bond acceptors (Lipinski definition) is 6. The van der Waals surface area contributed by atoms with Crippen molar-refractivity contribution in [1.82, 2.24) is 20.1 Å². The van der Waals surface area contributed by atoms with Crippen molar-refractivity contribution in [3.05, 3.63) is 65.5 Å². The summed E-state index contributed by atoms with van der Waals surface area (Å²) < 4.78 is 25.6. The number of amides is 3. The van der Waals surface area contributed by atoms with E-state index < -0.39 is 11.9 Å². The molecule has 2 aliphatic heterocycles. The second-order valence-corrected chi connectivity index (χ2v) is 9.37. The molecule has 38 heavy (non-hydrogen) atoms. The molecule has 2 aliphatic rings. The van der Waals surface area contributed by atoms with E-state index in [0.717, 1.165) is 25.1 Å². The average molecular weight is 526 g/mol. The second kappa shape index (κ2) is 13.3. The molecule has 9 nitrogen and oxygen atoms in total. The summed E-state index contributed by atoms with van der Waals surface area (Å²) in [7, 11) is 1.59. The van der Waals surface area contributed by atoms with Crippen molar-refractivity contribution in [3.63, 3.8) is 0 Å². The molecule has 2 aromatic carbocycles. The zero-order valence-corrected chi connectivity index (χ0v) is 22.1. The van der Waals surface area contributed by atoms with Gasteiger partial charge < -0.3 is 19.7 Å². The fourth-order valence-corrected chi connectivity index (χ4v) is 4.62. The smallest absolute Gasteiger partial charge is 0.317 e. The largest absolute Gasteiger partial charge is 0.497 e. The number of morpholine rings is 1. The van der Waals surface area contributed by atoms with E-state index in [2.05, 4.69) is 15.3 Å². The van der Waals surface area contributed by atoms with Gasteiger partial charge in [-0.05, 0) is 24.6 Å². The number of rotatable bonds is 10. The van der Waals surface area contributed by atoms with E-state index in [0.29, 0.717) is 56.3 Å². The van der Waals surface area contributed by atoms with E-state index in [4.69, 9.17) is 9.47 Å². The monoisotopic (exact) mass is 525 g/mol. The number of nitrogens with zero attached hydrogens (tertiary/aromatic N) is 4. The van der Waals surface area contributed by atoms with Gasteiger partial charge in [0.15, 0.2) is 0 Å². The number of hydrogen-bond donors (Lipinski definition) is 1. The van der Waals surface area contributed by atoms with E-state index in [1.54, 1.807) is 25.3 Å². The lowest BCUT2D eigenvalue weighted by Gasteiger charge is -2.31. The van der Waals surface area contributed by atoms with Gasteiger partial charge in [-0.25, -0.2) is 14.2 Å². The van der Waals surface area contributed by atoms with Gasteiger partial charge in [-0.1, -0.05) is 37.3 Å². The molecular weight excluding hydrogens is 489 g/mol. The summed E-state index contributed by atoms with van der Waals surface area (Å²) in [5, 5.41) is 8.86. The van der Waals surface area contributed by atoms with Crippen LogP contribution in [0.15, 0.2) is 53.6 Å². The Hall–Kier alpha value is -3.50. The van der Waals surface area contributed by atoms with Gasteiger partial charge in [-0.3, -0.25) is 9.69 Å². The standard InChI is InChI=1S/C28H36FN5O4/c1-3-11-30-28(36)33(13-12-32-14-16-38-17-15-32)20-27(35)34-26(23-9-4-5-10-24(23)29)19-25(31-34)21-7-6-8-22(18-21)37-2/h4-10,18,26H,3,11-17,19-20H2,1-2H3,(H,30,36)/t26-/m0/s1. The van der Waals surface area contributed by atoms with Crippen LogP contribution in [0.5, 0.6) is 5.75 Å². The minimum absolute atomic E-state index is 0.167. The van der Waals surface area contributed by atoms with Gasteiger partial charge in [-0.15, -0.1) is 0 Å². The van der Waals surface area contributed by atoms with Crippen LogP contribution in [-0.2, 0) is 9.53 Å². The van der Waals surface area contributed by atoms with Crippen molar-refractivity contribution < 1.29 is 23.5 Å². The third kappa shape index (κ3) is 6.87. The molecule has 0 aromatic heterocycles. The zero-order valence-electron chi connectivity index (χ0n) is 22.1. The number of halogens is 1. The maximum Gasteiger partial charge on any atom is 0.317 e. The predicted molar refractivity (Wildman–Crippen MR) is 143 cm³/mol. The number of hydrazone groups is 1. The molecule has 0 bridgehead atoms. The molecule has 1 N–H and O–H groups in total. The number of carbonyl (C=O) groups is 2. The molecule has 2 aromatic rings. The Morgan fingerprint density at radius 3 is 2.71 bits per heavy atom. The lowest BCUT2D eigenvalue weighted by molar-refractivity contribution is -0.133. The number of carbonyl (C=O) groups excluding carboxylic acids is 2. The Morgan fingerprint density at radius 2 is 1.97 bits per heavy atom. The van der Waals surface area contributed by atoms with Gasteiger partial charge in [0.1, 0.15) is 18.1 Å². The lowest BCUT2D eigenvalue weighted by Crippen LogP contribution is -2.49. The Labute approximate surface area is 223 Å². The number of ether oxygens (including phenoxy) is 2. The van der Waals surface area contributed by atoms with E-state index in [9.17, 15) is 14.0 Å². The molecule has 4 rings (SSSR count). The fraction of sp³-hybridized carbons (Fsp3) is 0.464. The molecule has 2 heterocycles. The first-order valence-corrected chi connectivity index (χ1v) is 13.1. The summed E-state index contributed by atoms with van der Waals surface area (Å²) in [5.41, 5.74) is 1.84. The van der Waals surface area contributed by atoms with E-state index >= 15 is 0 Å². The number of methoxy groups -OCH3 is 1. The van der Waals surface area contributed by atoms with Gasteiger partial charge in [0.2, 0.25) is 0 Å². The number of benzene rings is 2. The maximum absolute atomic E-state index is 14.9. The molecule has 0 spiro atoms. The predicted octanol–water partition coefficient (Wildman–Crippen LogP) is 3.27. The molecule has 1 atom stereocenters. The molecule has 0 aliphatic carbocycles. The Kier molecular flexibility index (Phi) is 9.67. The number of urea groups is 1. The molecule has 1 saturated heterocycles. The third-order valence-corrected chi connectivity index (χ3v) is 6.76. The normalized spacial score (nSPS) is 17.7. The summed E-state index contributed by atoms with van der Waals surface area (Å²) in [6, 6.07) is 12.9. The van der Waals surface area contributed by atoms with Crippen LogP contribution >= 0.6 is 0 Å². The molecule has 0 saturated carbocycles. The molecule has 0 radical (unpaired) electrons.